The van der Waals surface area contributed by atoms with Crippen molar-refractivity contribution in [3.8, 4) is 0 Å². The molecule has 0 amide bonds. The summed E-state index contributed by atoms with van der Waals surface area (Å²) in [7, 11) is 0. The van der Waals surface area contributed by atoms with Gasteiger partial charge in [0.1, 0.15) is 0 Å². The van der Waals surface area contributed by atoms with Crippen LogP contribution >= 0.6 is 0 Å². The van der Waals surface area contributed by atoms with E-state index in [-0.39, 0.29) is 5.56 Å². The van der Waals surface area contributed by atoms with E-state index in [1.54, 1.807) is 0 Å². The third kappa shape index (κ3) is 1.86. The predicted molar refractivity (Wildman–Crippen MR) is 42.4 cm³/mol. The van der Waals surface area contributed by atoms with E-state index in [0.29, 0.717) is 12.1 Å². The molecular formula is C9H7F3O2. The highest BCUT2D eigenvalue weighted by molar-refractivity contribution is 5.75. The zero-order chi connectivity index (χ0) is 10.9. The summed E-state index contributed by atoms with van der Waals surface area (Å²) >= 11 is 0. The molecule has 0 fully saturated rings. The number of halogens is 3. The Morgan fingerprint density at radius 1 is 1.29 bits per heavy atom. The fraction of sp³-hybridized carbons (Fsp3) is 0.222. The number of carboxylic acid groups (broad SMARTS) is 1. The van der Waals surface area contributed by atoms with Crippen LogP contribution in [0.3, 0.4) is 0 Å². The molecule has 0 aliphatic carbocycles. The van der Waals surface area contributed by atoms with Crippen molar-refractivity contribution >= 4 is 5.97 Å². The van der Waals surface area contributed by atoms with E-state index in [1.165, 1.54) is 6.92 Å². The van der Waals surface area contributed by atoms with E-state index in [4.69, 9.17) is 5.11 Å². The maximum atomic E-state index is 12.7. The van der Waals surface area contributed by atoms with Crippen LogP contribution in [-0.2, 0) is 4.79 Å². The first-order valence-corrected chi connectivity index (χ1v) is 3.80. The first kappa shape index (κ1) is 10.6. The SMILES string of the molecule is CC(C(=O)O)c1cc(F)c(F)c(F)c1. The molecule has 1 unspecified atom stereocenters. The Labute approximate surface area is 78.0 Å². The van der Waals surface area contributed by atoms with E-state index in [1.807, 2.05) is 0 Å². The minimum atomic E-state index is -1.59. The molecule has 1 atom stereocenters. The minimum Gasteiger partial charge on any atom is -0.481 e. The average molecular weight is 204 g/mol. The van der Waals surface area contributed by atoms with Gasteiger partial charge in [0.15, 0.2) is 17.5 Å². The number of carboxylic acids is 1. The highest BCUT2D eigenvalue weighted by Gasteiger charge is 2.18. The zero-order valence-electron chi connectivity index (χ0n) is 7.22. The van der Waals surface area contributed by atoms with E-state index in [2.05, 4.69) is 0 Å². The average Bonchev–Trinajstić information content (AvgIpc) is 2.12. The Morgan fingerprint density at radius 3 is 2.07 bits per heavy atom. The summed E-state index contributed by atoms with van der Waals surface area (Å²) in [5, 5.41) is 8.55. The quantitative estimate of drug-likeness (QED) is 0.750. The summed E-state index contributed by atoms with van der Waals surface area (Å²) in [6, 6.07) is 1.36. The van der Waals surface area contributed by atoms with Gasteiger partial charge >= 0.3 is 5.97 Å². The molecule has 1 aromatic carbocycles. The van der Waals surface area contributed by atoms with Gasteiger partial charge in [-0.3, -0.25) is 4.79 Å². The number of aliphatic carboxylic acids is 1. The summed E-state index contributed by atoms with van der Waals surface area (Å²) in [4.78, 5) is 10.5. The van der Waals surface area contributed by atoms with Crippen LogP contribution in [0.15, 0.2) is 12.1 Å². The first-order valence-electron chi connectivity index (χ1n) is 3.80. The third-order valence-electron chi connectivity index (χ3n) is 1.88. The van der Waals surface area contributed by atoms with Crippen molar-refractivity contribution in [3.63, 3.8) is 0 Å². The first-order chi connectivity index (χ1) is 6.43. The van der Waals surface area contributed by atoms with Crippen molar-refractivity contribution in [1.29, 1.82) is 0 Å². The second-order valence-electron chi connectivity index (χ2n) is 2.86. The molecule has 2 nitrogen and oxygen atoms in total. The Balaban J connectivity index is 3.19. The molecule has 0 saturated carbocycles. The lowest BCUT2D eigenvalue weighted by atomic mass is 10.0. The van der Waals surface area contributed by atoms with Crippen molar-refractivity contribution in [2.75, 3.05) is 0 Å². The maximum Gasteiger partial charge on any atom is 0.310 e. The van der Waals surface area contributed by atoms with Crippen molar-refractivity contribution in [1.82, 2.24) is 0 Å². The lowest BCUT2D eigenvalue weighted by Gasteiger charge is -2.07. The summed E-state index contributed by atoms with van der Waals surface area (Å²) in [5.41, 5.74) is -0.103. The van der Waals surface area contributed by atoms with Crippen LogP contribution in [0.4, 0.5) is 13.2 Å². The smallest absolute Gasteiger partial charge is 0.310 e. The van der Waals surface area contributed by atoms with Crippen molar-refractivity contribution in [3.05, 3.63) is 35.1 Å². The monoisotopic (exact) mass is 204 g/mol. The normalized spacial score (nSPS) is 12.6. The third-order valence-corrected chi connectivity index (χ3v) is 1.88. The summed E-state index contributed by atoms with van der Waals surface area (Å²) in [5.74, 6) is -6.65. The molecule has 0 bridgehead atoms. The molecule has 0 spiro atoms. The van der Waals surface area contributed by atoms with Gasteiger partial charge in [-0.25, -0.2) is 13.2 Å². The van der Waals surface area contributed by atoms with Crippen LogP contribution in [-0.4, -0.2) is 11.1 Å². The molecule has 0 radical (unpaired) electrons. The Bertz CT molecular complexity index is 353. The standard InChI is InChI=1S/C9H7F3O2/c1-4(9(13)14)5-2-6(10)8(12)7(11)3-5/h2-4H,1H3,(H,13,14). The molecule has 0 aliphatic rings. The van der Waals surface area contributed by atoms with Gasteiger partial charge in [-0.15, -0.1) is 0 Å². The van der Waals surface area contributed by atoms with E-state index < -0.39 is 29.3 Å². The lowest BCUT2D eigenvalue weighted by Crippen LogP contribution is -2.08. The molecule has 76 valence electrons. The molecule has 0 aliphatic heterocycles. The second kappa shape index (κ2) is 3.69. The number of rotatable bonds is 2. The molecule has 0 aromatic heterocycles. The molecular weight excluding hydrogens is 197 g/mol. The van der Waals surface area contributed by atoms with E-state index in [9.17, 15) is 18.0 Å². The number of carbonyl (C=O) groups is 1. The van der Waals surface area contributed by atoms with Gasteiger partial charge in [0.2, 0.25) is 0 Å². The summed E-state index contributed by atoms with van der Waals surface area (Å²) in [6.45, 7) is 1.26. The van der Waals surface area contributed by atoms with Crippen molar-refractivity contribution in [2.45, 2.75) is 12.8 Å². The van der Waals surface area contributed by atoms with Crippen molar-refractivity contribution in [2.24, 2.45) is 0 Å². The summed E-state index contributed by atoms with van der Waals surface area (Å²) < 4.78 is 37.8. The van der Waals surface area contributed by atoms with Crippen LogP contribution in [0, 0.1) is 17.5 Å². The summed E-state index contributed by atoms with van der Waals surface area (Å²) in [6.07, 6.45) is 0. The van der Waals surface area contributed by atoms with Crippen molar-refractivity contribution < 1.29 is 23.1 Å². The number of hydrogen-bond donors (Lipinski definition) is 1. The van der Waals surface area contributed by atoms with Gasteiger partial charge < -0.3 is 5.11 Å². The van der Waals surface area contributed by atoms with Crippen LogP contribution < -0.4 is 0 Å². The van der Waals surface area contributed by atoms with E-state index >= 15 is 0 Å². The molecule has 5 heteroatoms. The zero-order valence-corrected chi connectivity index (χ0v) is 7.22. The van der Waals surface area contributed by atoms with Gasteiger partial charge in [0.25, 0.3) is 0 Å². The topological polar surface area (TPSA) is 37.3 Å². The Hall–Kier alpha value is -1.52. The van der Waals surface area contributed by atoms with Crippen LogP contribution in [0.2, 0.25) is 0 Å². The van der Waals surface area contributed by atoms with Gasteiger partial charge in [-0.05, 0) is 24.6 Å². The highest BCUT2D eigenvalue weighted by atomic mass is 19.2. The molecule has 0 saturated heterocycles. The Kier molecular flexibility index (Phi) is 2.78. The Morgan fingerprint density at radius 2 is 1.71 bits per heavy atom. The fourth-order valence-corrected chi connectivity index (χ4v) is 0.968. The van der Waals surface area contributed by atoms with Crippen LogP contribution in [0.25, 0.3) is 0 Å². The molecule has 1 aromatic rings. The van der Waals surface area contributed by atoms with Gasteiger partial charge in [0.05, 0.1) is 5.92 Å². The highest BCUT2D eigenvalue weighted by Crippen LogP contribution is 2.20. The minimum absolute atomic E-state index is 0.103. The molecule has 1 N–H and O–H groups in total. The number of benzene rings is 1. The molecule has 14 heavy (non-hydrogen) atoms. The van der Waals surface area contributed by atoms with Gasteiger partial charge in [-0.1, -0.05) is 0 Å². The second-order valence-corrected chi connectivity index (χ2v) is 2.86. The predicted octanol–water partition coefficient (Wildman–Crippen LogP) is 2.29. The van der Waals surface area contributed by atoms with Crippen LogP contribution in [0.5, 0.6) is 0 Å². The van der Waals surface area contributed by atoms with Gasteiger partial charge in [-0.2, -0.15) is 0 Å². The largest absolute Gasteiger partial charge is 0.481 e. The molecule has 0 heterocycles. The number of hydrogen-bond acceptors (Lipinski definition) is 1. The maximum absolute atomic E-state index is 12.7. The van der Waals surface area contributed by atoms with Crippen LogP contribution in [0.1, 0.15) is 18.4 Å². The lowest BCUT2D eigenvalue weighted by molar-refractivity contribution is -0.138. The molecule has 1 rings (SSSR count). The van der Waals surface area contributed by atoms with E-state index in [0.717, 1.165) is 0 Å². The van der Waals surface area contributed by atoms with Gasteiger partial charge in [0, 0.05) is 0 Å². The fourth-order valence-electron chi connectivity index (χ4n) is 0.968.